The van der Waals surface area contributed by atoms with Crippen molar-refractivity contribution in [1.82, 2.24) is 0 Å². The van der Waals surface area contributed by atoms with Crippen LogP contribution in [0.1, 0.15) is 79.1 Å². The zero-order chi connectivity index (χ0) is 14.4. The van der Waals surface area contributed by atoms with Gasteiger partial charge in [0.15, 0.2) is 11.1 Å². The fourth-order valence-electron chi connectivity index (χ4n) is 1.28. The second kappa shape index (κ2) is 13.5. The molecule has 0 aliphatic heterocycles. The Balaban J connectivity index is 0. The van der Waals surface area contributed by atoms with Gasteiger partial charge in [0.1, 0.15) is 0 Å². The van der Waals surface area contributed by atoms with E-state index >= 15 is 0 Å². The van der Waals surface area contributed by atoms with Crippen LogP contribution in [0.4, 0.5) is 0 Å². The Hall–Kier alpha value is 0.0700. The van der Waals surface area contributed by atoms with E-state index in [1.807, 2.05) is 0 Å². The summed E-state index contributed by atoms with van der Waals surface area (Å²) in [5.41, 5.74) is 5.39. The normalized spacial score (nSPS) is 12.8. The molecule has 0 aliphatic carbocycles. The lowest BCUT2D eigenvalue weighted by atomic mass is 10.1. The van der Waals surface area contributed by atoms with E-state index in [1.54, 1.807) is 20.8 Å². The number of hydrogen-bond acceptors (Lipinski definition) is 2. The number of rotatable bonds is 8. The molecule has 3 N–H and O–H groups in total. The van der Waals surface area contributed by atoms with Gasteiger partial charge in [-0.15, -0.1) is 0 Å². The summed E-state index contributed by atoms with van der Waals surface area (Å²) in [7, 11) is 0. The van der Waals surface area contributed by atoms with Crippen molar-refractivity contribution < 1.29 is 8.76 Å². The van der Waals surface area contributed by atoms with Crippen LogP contribution >= 0.6 is 0 Å². The summed E-state index contributed by atoms with van der Waals surface area (Å²) >= 11 is -1.68. The van der Waals surface area contributed by atoms with Crippen LogP contribution in [0.5, 0.6) is 0 Å². The van der Waals surface area contributed by atoms with Crippen molar-refractivity contribution in [2.75, 3.05) is 6.54 Å². The molecule has 112 valence electrons. The molecule has 1 unspecified atom stereocenters. The van der Waals surface area contributed by atoms with Gasteiger partial charge in [0.25, 0.3) is 0 Å². The van der Waals surface area contributed by atoms with E-state index in [0.717, 1.165) is 6.54 Å². The molecule has 0 saturated heterocycles. The molecule has 0 rings (SSSR count). The molecule has 0 bridgehead atoms. The molecule has 0 amide bonds. The topological polar surface area (TPSA) is 63.3 Å². The van der Waals surface area contributed by atoms with Crippen LogP contribution in [0, 0.1) is 0 Å². The van der Waals surface area contributed by atoms with E-state index in [-0.39, 0.29) is 0 Å². The zero-order valence-electron chi connectivity index (χ0n) is 12.7. The Bertz CT molecular complexity index is 183. The van der Waals surface area contributed by atoms with E-state index in [9.17, 15) is 4.21 Å². The van der Waals surface area contributed by atoms with Gasteiger partial charge in [0.05, 0.1) is 4.75 Å². The SMILES string of the molecule is CC(C)(C)S(=O)O.CCCCCCCCCCN. The van der Waals surface area contributed by atoms with Crippen LogP contribution in [-0.2, 0) is 11.1 Å². The van der Waals surface area contributed by atoms with Crippen molar-refractivity contribution in [3.63, 3.8) is 0 Å². The van der Waals surface area contributed by atoms with Crippen LogP contribution in [0.25, 0.3) is 0 Å². The molecule has 18 heavy (non-hydrogen) atoms. The molecule has 0 saturated carbocycles. The molecule has 0 fully saturated rings. The minimum Gasteiger partial charge on any atom is -0.330 e. The molecule has 0 aromatic carbocycles. The van der Waals surface area contributed by atoms with Gasteiger partial charge in [-0.05, 0) is 33.7 Å². The Labute approximate surface area is 116 Å². The maximum atomic E-state index is 10.1. The fourth-order valence-corrected chi connectivity index (χ4v) is 1.28. The Morgan fingerprint density at radius 2 is 1.28 bits per heavy atom. The summed E-state index contributed by atoms with van der Waals surface area (Å²) in [5, 5.41) is 0. The molecule has 3 nitrogen and oxygen atoms in total. The second-order valence-electron chi connectivity index (χ2n) is 5.63. The van der Waals surface area contributed by atoms with Crippen molar-refractivity contribution in [3.8, 4) is 0 Å². The molecule has 0 aromatic rings. The largest absolute Gasteiger partial charge is 0.330 e. The Kier molecular flexibility index (Phi) is 15.3. The van der Waals surface area contributed by atoms with Gasteiger partial charge in [-0.25, -0.2) is 4.21 Å². The van der Waals surface area contributed by atoms with E-state index in [4.69, 9.17) is 10.3 Å². The molecule has 1 atom stereocenters. The highest BCUT2D eigenvalue weighted by molar-refractivity contribution is 7.80. The quantitative estimate of drug-likeness (QED) is 0.519. The smallest absolute Gasteiger partial charge is 0.158 e. The van der Waals surface area contributed by atoms with Gasteiger partial charge >= 0.3 is 0 Å². The van der Waals surface area contributed by atoms with Gasteiger partial charge in [0, 0.05) is 0 Å². The molecule has 0 aliphatic rings. The predicted molar refractivity (Wildman–Crippen MR) is 82.2 cm³/mol. The summed E-state index contributed by atoms with van der Waals surface area (Å²) in [6.07, 6.45) is 11.0. The number of hydrogen-bond donors (Lipinski definition) is 2. The lowest BCUT2D eigenvalue weighted by Gasteiger charge is -2.10. The summed E-state index contributed by atoms with van der Waals surface area (Å²) in [6, 6.07) is 0. The summed E-state index contributed by atoms with van der Waals surface area (Å²) in [4.78, 5) is 0. The maximum Gasteiger partial charge on any atom is 0.158 e. The minimum atomic E-state index is -1.68. The summed E-state index contributed by atoms with van der Waals surface area (Å²) < 4.78 is 18.0. The molecule has 0 radical (unpaired) electrons. The molecular weight excluding hydrogens is 246 g/mol. The summed E-state index contributed by atoms with van der Waals surface area (Å²) in [5.74, 6) is 0. The highest BCUT2D eigenvalue weighted by Gasteiger charge is 2.16. The van der Waals surface area contributed by atoms with Gasteiger partial charge in [-0.1, -0.05) is 51.9 Å². The minimum absolute atomic E-state index is 0.472. The van der Waals surface area contributed by atoms with E-state index in [2.05, 4.69) is 6.92 Å². The molecule has 0 spiro atoms. The first-order chi connectivity index (χ1) is 8.36. The zero-order valence-corrected chi connectivity index (χ0v) is 13.5. The highest BCUT2D eigenvalue weighted by atomic mass is 32.2. The summed E-state index contributed by atoms with van der Waals surface area (Å²) in [6.45, 7) is 8.26. The van der Waals surface area contributed by atoms with Gasteiger partial charge in [0.2, 0.25) is 0 Å². The first kappa shape index (κ1) is 20.4. The Morgan fingerprint density at radius 1 is 0.944 bits per heavy atom. The monoisotopic (exact) mass is 279 g/mol. The van der Waals surface area contributed by atoms with Crippen molar-refractivity contribution in [3.05, 3.63) is 0 Å². The number of unbranched alkanes of at least 4 members (excludes halogenated alkanes) is 7. The second-order valence-corrected chi connectivity index (χ2v) is 7.35. The average molecular weight is 279 g/mol. The van der Waals surface area contributed by atoms with Crippen molar-refractivity contribution in [2.24, 2.45) is 5.73 Å². The van der Waals surface area contributed by atoms with Crippen LogP contribution in [-0.4, -0.2) is 20.1 Å². The molecule has 0 aromatic heterocycles. The molecule has 0 heterocycles. The Morgan fingerprint density at radius 3 is 1.56 bits per heavy atom. The third kappa shape index (κ3) is 18.4. The lowest BCUT2D eigenvalue weighted by molar-refractivity contribution is 0.528. The average Bonchev–Trinajstić information content (AvgIpc) is 2.27. The molecular formula is C14H33NO2S. The number of nitrogens with two attached hydrogens (primary N) is 1. The first-order valence-electron chi connectivity index (χ1n) is 7.17. The maximum absolute atomic E-state index is 10.1. The van der Waals surface area contributed by atoms with Crippen molar-refractivity contribution in [2.45, 2.75) is 83.8 Å². The van der Waals surface area contributed by atoms with Gasteiger partial charge in [-0.2, -0.15) is 0 Å². The predicted octanol–water partition coefficient (Wildman–Crippen LogP) is 4.09. The van der Waals surface area contributed by atoms with E-state index in [1.165, 1.54) is 51.4 Å². The highest BCUT2D eigenvalue weighted by Crippen LogP contribution is 2.07. The van der Waals surface area contributed by atoms with Crippen LogP contribution in [0.2, 0.25) is 0 Å². The van der Waals surface area contributed by atoms with Crippen LogP contribution < -0.4 is 5.73 Å². The third-order valence-corrected chi connectivity index (χ3v) is 3.63. The van der Waals surface area contributed by atoms with Gasteiger partial charge < -0.3 is 10.3 Å². The first-order valence-corrected chi connectivity index (χ1v) is 8.28. The van der Waals surface area contributed by atoms with E-state index < -0.39 is 15.8 Å². The van der Waals surface area contributed by atoms with Crippen LogP contribution in [0.3, 0.4) is 0 Å². The van der Waals surface area contributed by atoms with Crippen LogP contribution in [0.15, 0.2) is 0 Å². The van der Waals surface area contributed by atoms with Crippen molar-refractivity contribution >= 4 is 11.1 Å². The molecule has 4 heteroatoms. The standard InChI is InChI=1S/C10H23N.C4H10O2S/c1-2-3-4-5-6-7-8-9-10-11;1-4(2,3)7(5)6/h2-11H2,1H3;1-3H3,(H,5,6). The van der Waals surface area contributed by atoms with Crippen molar-refractivity contribution in [1.29, 1.82) is 0 Å². The van der Waals surface area contributed by atoms with E-state index in [0.29, 0.717) is 0 Å². The third-order valence-electron chi connectivity index (χ3n) is 2.58. The van der Waals surface area contributed by atoms with Gasteiger partial charge in [-0.3, -0.25) is 0 Å². The fraction of sp³-hybridized carbons (Fsp3) is 1.00. The lowest BCUT2D eigenvalue weighted by Crippen LogP contribution is -2.20.